The smallest absolute Gasteiger partial charge is 0.453 e. The number of rotatable bonds is 9. The Hall–Kier alpha value is -3.74. The summed E-state index contributed by atoms with van der Waals surface area (Å²) in [5.41, 5.74) is 3.00. The molecule has 0 bridgehead atoms. The zero-order valence-corrected chi connectivity index (χ0v) is 21.1. The molecule has 1 aliphatic rings. The van der Waals surface area contributed by atoms with E-state index in [2.05, 4.69) is 20.8 Å². The molecule has 2 heterocycles. The number of methoxy groups -OCH3 is 1. The first-order valence-corrected chi connectivity index (χ1v) is 12.0. The van der Waals surface area contributed by atoms with Crippen molar-refractivity contribution < 1.29 is 24.4 Å². The van der Waals surface area contributed by atoms with Crippen molar-refractivity contribution in [1.82, 2.24) is 25.4 Å². The van der Waals surface area contributed by atoms with Gasteiger partial charge in [-0.15, -0.1) is 10.2 Å². The van der Waals surface area contributed by atoms with Gasteiger partial charge in [-0.3, -0.25) is 19.1 Å². The van der Waals surface area contributed by atoms with E-state index in [9.17, 15) is 9.59 Å². The van der Waals surface area contributed by atoms with Crippen molar-refractivity contribution in [2.24, 2.45) is 4.99 Å². The second kappa shape index (κ2) is 11.5. The van der Waals surface area contributed by atoms with E-state index in [1.165, 1.54) is 0 Å². The van der Waals surface area contributed by atoms with Crippen molar-refractivity contribution in [3.63, 3.8) is 0 Å². The summed E-state index contributed by atoms with van der Waals surface area (Å²) in [5.74, 6) is 0.911. The van der Waals surface area contributed by atoms with Crippen LogP contribution in [-0.2, 0) is 9.59 Å². The summed E-state index contributed by atoms with van der Waals surface area (Å²) in [4.78, 5) is 29.8. The second-order valence-electron chi connectivity index (χ2n) is 8.42. The minimum absolute atomic E-state index is 0.00962. The van der Waals surface area contributed by atoms with Crippen molar-refractivity contribution in [2.45, 2.75) is 25.7 Å². The maximum Gasteiger partial charge on any atom is 0.453 e. The molecule has 0 aliphatic carbocycles. The Labute approximate surface area is 218 Å². The first-order chi connectivity index (χ1) is 17.8. The number of hydrogen-bond acceptors (Lipinski definition) is 8. The number of fused-ring (bicyclic) bond motifs is 3. The molecule has 4 N–H and O–H groups in total. The lowest BCUT2D eigenvalue weighted by Gasteiger charge is -2.14. The van der Waals surface area contributed by atoms with Crippen LogP contribution in [0, 0.1) is 6.92 Å². The number of ether oxygens (including phenoxy) is 1. The number of benzene rings is 2. The third-order valence-corrected chi connectivity index (χ3v) is 6.05. The van der Waals surface area contributed by atoms with Gasteiger partial charge in [0.2, 0.25) is 11.8 Å². The van der Waals surface area contributed by atoms with Gasteiger partial charge in [0.05, 0.1) is 31.5 Å². The maximum atomic E-state index is 12.9. The summed E-state index contributed by atoms with van der Waals surface area (Å²) in [5, 5.41) is 32.0. The SMILES string of the molecule is COc1ccc2c(c1)C(c1ccc(Cl)cc1)=N[C@@H](CC(=O)NCC(=O)NCCB(O)O)c1nnc(C)n1-2. The van der Waals surface area contributed by atoms with Crippen LogP contribution in [-0.4, -0.2) is 69.7 Å². The van der Waals surface area contributed by atoms with Gasteiger partial charge >= 0.3 is 7.12 Å². The minimum Gasteiger partial charge on any atom is -0.497 e. The average Bonchev–Trinajstić information content (AvgIpc) is 3.20. The highest BCUT2D eigenvalue weighted by Gasteiger charge is 2.30. The number of aryl methyl sites for hydroxylation is 1. The van der Waals surface area contributed by atoms with E-state index >= 15 is 0 Å². The number of aliphatic imine (C=N–C) groups is 1. The van der Waals surface area contributed by atoms with Crippen LogP contribution in [0.2, 0.25) is 11.3 Å². The summed E-state index contributed by atoms with van der Waals surface area (Å²) in [7, 11) is 0.0742. The molecule has 2 aromatic carbocycles. The van der Waals surface area contributed by atoms with Gasteiger partial charge in [-0.05, 0) is 43.6 Å². The largest absolute Gasteiger partial charge is 0.497 e. The first-order valence-electron chi connectivity index (χ1n) is 11.6. The van der Waals surface area contributed by atoms with Crippen LogP contribution in [0.3, 0.4) is 0 Å². The molecule has 4 rings (SSSR count). The van der Waals surface area contributed by atoms with Crippen molar-refractivity contribution in [3.8, 4) is 11.4 Å². The van der Waals surface area contributed by atoms with E-state index in [0.29, 0.717) is 28.1 Å². The molecule has 1 aliphatic heterocycles. The summed E-state index contributed by atoms with van der Waals surface area (Å²) >= 11 is 6.12. The fourth-order valence-electron chi connectivity index (χ4n) is 4.01. The van der Waals surface area contributed by atoms with Gasteiger partial charge in [-0.1, -0.05) is 23.7 Å². The predicted molar refractivity (Wildman–Crippen MR) is 138 cm³/mol. The van der Waals surface area contributed by atoms with Crippen LogP contribution in [0.4, 0.5) is 0 Å². The number of amides is 2. The molecule has 3 aromatic rings. The molecule has 192 valence electrons. The molecular weight excluding hydrogens is 499 g/mol. The number of halogens is 1. The summed E-state index contributed by atoms with van der Waals surface area (Å²) < 4.78 is 7.33. The summed E-state index contributed by atoms with van der Waals surface area (Å²) in [6.45, 7) is 1.64. The van der Waals surface area contributed by atoms with Gasteiger partial charge < -0.3 is 25.4 Å². The predicted octanol–water partition coefficient (Wildman–Crippen LogP) is 1.23. The number of hydrogen-bond donors (Lipinski definition) is 4. The van der Waals surface area contributed by atoms with Gasteiger partial charge in [-0.25, -0.2) is 0 Å². The van der Waals surface area contributed by atoms with Gasteiger partial charge in [0, 0.05) is 22.7 Å². The van der Waals surface area contributed by atoms with Crippen molar-refractivity contribution >= 4 is 36.2 Å². The molecule has 1 atom stereocenters. The van der Waals surface area contributed by atoms with Crippen molar-refractivity contribution in [1.29, 1.82) is 0 Å². The van der Waals surface area contributed by atoms with Crippen molar-refractivity contribution in [3.05, 3.63) is 70.3 Å². The fourth-order valence-corrected chi connectivity index (χ4v) is 4.13. The quantitative estimate of drug-likeness (QED) is 0.307. The third kappa shape index (κ3) is 6.16. The Morgan fingerprint density at radius 1 is 1.11 bits per heavy atom. The second-order valence-corrected chi connectivity index (χ2v) is 8.86. The van der Waals surface area contributed by atoms with Crippen LogP contribution >= 0.6 is 11.6 Å². The molecule has 0 saturated carbocycles. The highest BCUT2D eigenvalue weighted by atomic mass is 35.5. The molecule has 0 radical (unpaired) electrons. The van der Waals surface area contributed by atoms with Crippen LogP contribution in [0.15, 0.2) is 47.5 Å². The Balaban J connectivity index is 1.66. The molecule has 0 spiro atoms. The molecule has 0 saturated heterocycles. The van der Waals surface area contributed by atoms with E-state index in [-0.39, 0.29) is 25.8 Å². The lowest BCUT2D eigenvalue weighted by molar-refractivity contribution is -0.126. The van der Waals surface area contributed by atoms with E-state index in [1.807, 2.05) is 41.8 Å². The molecule has 13 heteroatoms. The van der Waals surface area contributed by atoms with E-state index in [0.717, 1.165) is 16.8 Å². The van der Waals surface area contributed by atoms with Gasteiger partial charge in [0.25, 0.3) is 0 Å². The van der Waals surface area contributed by atoms with Gasteiger partial charge in [-0.2, -0.15) is 0 Å². The fraction of sp³-hybridized carbons (Fsp3) is 0.292. The molecular formula is C24H26BClN6O5. The zero-order valence-electron chi connectivity index (χ0n) is 20.3. The monoisotopic (exact) mass is 524 g/mol. The Kier molecular flexibility index (Phi) is 8.22. The average molecular weight is 525 g/mol. The molecule has 1 aromatic heterocycles. The maximum absolute atomic E-state index is 12.9. The number of nitrogens with one attached hydrogen (secondary N) is 2. The molecule has 11 nitrogen and oxygen atoms in total. The summed E-state index contributed by atoms with van der Waals surface area (Å²) in [6.07, 6.45) is -0.0900. The summed E-state index contributed by atoms with van der Waals surface area (Å²) in [6, 6.07) is 12.2. The van der Waals surface area contributed by atoms with Crippen LogP contribution in [0.1, 0.15) is 35.2 Å². The molecule has 0 fully saturated rings. The number of carbonyl (C=O) groups is 2. The van der Waals surface area contributed by atoms with Gasteiger partial charge in [0.1, 0.15) is 17.6 Å². The normalized spacial score (nSPS) is 14.1. The third-order valence-electron chi connectivity index (χ3n) is 5.80. The lowest BCUT2D eigenvalue weighted by atomic mass is 9.87. The number of aromatic nitrogens is 3. The van der Waals surface area contributed by atoms with E-state index < -0.39 is 25.0 Å². The Morgan fingerprint density at radius 2 is 1.86 bits per heavy atom. The van der Waals surface area contributed by atoms with E-state index in [1.54, 1.807) is 19.2 Å². The van der Waals surface area contributed by atoms with Crippen molar-refractivity contribution in [2.75, 3.05) is 20.2 Å². The van der Waals surface area contributed by atoms with E-state index in [4.69, 9.17) is 31.4 Å². The topological polar surface area (TPSA) is 151 Å². The molecule has 0 unspecified atom stereocenters. The molecule has 37 heavy (non-hydrogen) atoms. The lowest BCUT2D eigenvalue weighted by Crippen LogP contribution is -2.38. The number of nitrogens with zero attached hydrogens (tertiary/aromatic N) is 4. The Morgan fingerprint density at radius 3 is 2.57 bits per heavy atom. The first kappa shape index (κ1) is 26.3. The number of carbonyl (C=O) groups excluding carboxylic acids is 2. The minimum atomic E-state index is -1.51. The Bertz CT molecular complexity index is 1330. The zero-order chi connectivity index (χ0) is 26.5. The highest BCUT2D eigenvalue weighted by molar-refractivity contribution is 6.41. The van der Waals surface area contributed by atoms with Crippen LogP contribution in [0.5, 0.6) is 5.75 Å². The van der Waals surface area contributed by atoms with Crippen LogP contribution < -0.4 is 15.4 Å². The highest BCUT2D eigenvalue weighted by Crippen LogP contribution is 2.34. The van der Waals surface area contributed by atoms with Gasteiger partial charge in [0.15, 0.2) is 5.82 Å². The molecule has 2 amide bonds. The standard InChI is InChI=1S/C24H26BClN6O5/c1-14-30-31-24-19(12-21(33)28-13-22(34)27-10-9-25(35)36)29-23(15-3-5-16(26)6-4-15)18-11-17(37-2)7-8-20(18)32(14)24/h3-8,11,19,35-36H,9-10,12-13H2,1-2H3,(H,27,34)(H,28,33)/t19-/m0/s1. The van der Waals surface area contributed by atoms with Crippen LogP contribution in [0.25, 0.3) is 5.69 Å².